The molecule has 3 N–H and O–H groups in total. The van der Waals surface area contributed by atoms with Crippen molar-refractivity contribution >= 4 is 27.8 Å². The van der Waals surface area contributed by atoms with Crippen molar-refractivity contribution in [2.24, 2.45) is 0 Å². The van der Waals surface area contributed by atoms with Crippen LogP contribution in [0.1, 0.15) is 55.7 Å². The molecule has 0 unspecified atom stereocenters. The Kier molecular flexibility index (Phi) is 7.88. The lowest BCUT2D eigenvalue weighted by molar-refractivity contribution is -0.134. The summed E-state index contributed by atoms with van der Waals surface area (Å²) in [6.07, 6.45) is -2.76. The third kappa shape index (κ3) is 6.27. The number of alkyl halides is 3. The number of pyridine rings is 1. The number of aromatic amines is 1. The Labute approximate surface area is 219 Å². The van der Waals surface area contributed by atoms with E-state index in [4.69, 9.17) is 4.98 Å². The molecule has 5 rings (SSSR count). The molecule has 8 nitrogen and oxygen atoms in total. The zero-order chi connectivity index (χ0) is 26.9. The van der Waals surface area contributed by atoms with Crippen LogP contribution in [0.15, 0.2) is 23.0 Å². The Morgan fingerprint density at radius 1 is 1.08 bits per heavy atom. The van der Waals surface area contributed by atoms with E-state index >= 15 is 0 Å². The van der Waals surface area contributed by atoms with Gasteiger partial charge in [0.15, 0.2) is 0 Å². The second kappa shape index (κ2) is 11.2. The highest BCUT2D eigenvalue weighted by Gasteiger charge is 2.27. The predicted molar refractivity (Wildman–Crippen MR) is 141 cm³/mol. The number of likely N-dealkylation sites (N-methyl/N-ethyl adjacent to an activating group) is 1. The zero-order valence-electron chi connectivity index (χ0n) is 21.7. The van der Waals surface area contributed by atoms with E-state index in [1.165, 1.54) is 0 Å². The summed E-state index contributed by atoms with van der Waals surface area (Å²) in [5.74, 6) is 0.265. The molecule has 1 aromatic carbocycles. The Bertz CT molecular complexity index is 1330. The molecule has 206 valence electrons. The van der Waals surface area contributed by atoms with Crippen molar-refractivity contribution in [1.82, 2.24) is 24.8 Å². The monoisotopic (exact) mass is 532 g/mol. The average molecular weight is 533 g/mol. The van der Waals surface area contributed by atoms with E-state index in [2.05, 4.69) is 38.2 Å². The van der Waals surface area contributed by atoms with Crippen molar-refractivity contribution in [1.29, 1.82) is 0 Å². The normalized spacial score (nSPS) is 21.8. The minimum atomic E-state index is -4.21. The molecule has 0 spiro atoms. The number of halogens is 3. The average Bonchev–Trinajstić information content (AvgIpc) is 2.88. The molecule has 2 fully saturated rings. The standard InChI is InChI=1S/C27H35F3N6O2/c1-35-11-13-36(14-12-35)16-17-3-8-20-21(15-17)25(38)33-24-22(20)23(18-4-6-19(37)7-5-18)32-26(34-24)31-10-2-9-27(28,29)30/h3,8,15,18-19,37H,2,4-7,9-14,16H2,1H3,(H2,31,32,33,34,38)/t18-,19-. The summed E-state index contributed by atoms with van der Waals surface area (Å²) in [6.45, 7) is 4.83. The number of hydrogen-bond acceptors (Lipinski definition) is 7. The number of aliphatic hydroxyl groups excluding tert-OH is 1. The highest BCUT2D eigenvalue weighted by Crippen LogP contribution is 2.37. The summed E-state index contributed by atoms with van der Waals surface area (Å²) in [6, 6.07) is 5.97. The molecular weight excluding hydrogens is 497 g/mol. The number of aliphatic hydroxyl groups is 1. The van der Waals surface area contributed by atoms with Crippen LogP contribution in [0.2, 0.25) is 0 Å². The van der Waals surface area contributed by atoms with Gasteiger partial charge in [0.25, 0.3) is 5.56 Å². The molecule has 0 atom stereocenters. The van der Waals surface area contributed by atoms with Crippen molar-refractivity contribution in [2.45, 2.75) is 63.3 Å². The first kappa shape index (κ1) is 26.8. The van der Waals surface area contributed by atoms with Crippen molar-refractivity contribution in [3.63, 3.8) is 0 Å². The Morgan fingerprint density at radius 3 is 2.53 bits per heavy atom. The smallest absolute Gasteiger partial charge is 0.389 e. The lowest BCUT2D eigenvalue weighted by Gasteiger charge is -2.32. The number of aromatic nitrogens is 3. The zero-order valence-corrected chi connectivity index (χ0v) is 21.7. The summed E-state index contributed by atoms with van der Waals surface area (Å²) < 4.78 is 37.7. The fourth-order valence-corrected chi connectivity index (χ4v) is 5.58. The maximum Gasteiger partial charge on any atom is 0.389 e. The highest BCUT2D eigenvalue weighted by molar-refractivity contribution is 6.06. The number of nitrogens with one attached hydrogen (secondary N) is 2. The maximum absolute atomic E-state index is 13.2. The van der Waals surface area contributed by atoms with E-state index in [1.807, 2.05) is 12.1 Å². The van der Waals surface area contributed by atoms with Gasteiger partial charge in [0.1, 0.15) is 5.65 Å². The summed E-state index contributed by atoms with van der Waals surface area (Å²) in [4.78, 5) is 30.0. The van der Waals surface area contributed by atoms with E-state index in [9.17, 15) is 23.1 Å². The maximum atomic E-state index is 13.2. The first-order valence-corrected chi connectivity index (χ1v) is 13.4. The van der Waals surface area contributed by atoms with Crippen LogP contribution in [0.3, 0.4) is 0 Å². The quantitative estimate of drug-likeness (QED) is 0.313. The predicted octanol–water partition coefficient (Wildman–Crippen LogP) is 3.99. The molecule has 1 aliphatic heterocycles. The highest BCUT2D eigenvalue weighted by atomic mass is 19.4. The van der Waals surface area contributed by atoms with Gasteiger partial charge in [0, 0.05) is 62.4 Å². The van der Waals surface area contributed by atoms with Crippen molar-refractivity contribution in [3.05, 3.63) is 39.8 Å². The summed E-state index contributed by atoms with van der Waals surface area (Å²) in [5, 5.41) is 15.1. The van der Waals surface area contributed by atoms with Crippen LogP contribution in [-0.2, 0) is 6.54 Å². The Balaban J connectivity index is 1.50. The van der Waals surface area contributed by atoms with Gasteiger partial charge in [-0.1, -0.05) is 12.1 Å². The fourth-order valence-electron chi connectivity index (χ4n) is 5.58. The molecule has 1 saturated heterocycles. The largest absolute Gasteiger partial charge is 0.393 e. The van der Waals surface area contributed by atoms with Crippen LogP contribution in [0.4, 0.5) is 19.1 Å². The Morgan fingerprint density at radius 2 is 1.82 bits per heavy atom. The molecule has 0 radical (unpaired) electrons. The van der Waals surface area contributed by atoms with Gasteiger partial charge in [-0.2, -0.15) is 18.2 Å². The molecule has 0 amide bonds. The van der Waals surface area contributed by atoms with Crippen LogP contribution in [-0.4, -0.2) is 81.9 Å². The number of nitrogens with zero attached hydrogens (tertiary/aromatic N) is 4. The molecule has 38 heavy (non-hydrogen) atoms. The number of piperazine rings is 1. The van der Waals surface area contributed by atoms with Gasteiger partial charge < -0.3 is 20.3 Å². The molecule has 2 aliphatic rings. The topological polar surface area (TPSA) is 97.4 Å². The van der Waals surface area contributed by atoms with Gasteiger partial charge in [-0.15, -0.1) is 0 Å². The minimum absolute atomic E-state index is 0.0544. The van der Waals surface area contributed by atoms with E-state index in [1.54, 1.807) is 0 Å². The fraction of sp³-hybridized carbons (Fsp3) is 0.593. The lowest BCUT2D eigenvalue weighted by Crippen LogP contribution is -2.43. The van der Waals surface area contributed by atoms with Gasteiger partial charge in [0.2, 0.25) is 5.95 Å². The van der Waals surface area contributed by atoms with Gasteiger partial charge in [0.05, 0.1) is 11.8 Å². The van der Waals surface area contributed by atoms with Gasteiger partial charge >= 0.3 is 6.18 Å². The number of H-pyrrole nitrogens is 1. The van der Waals surface area contributed by atoms with Crippen molar-refractivity contribution < 1.29 is 18.3 Å². The van der Waals surface area contributed by atoms with E-state index in [0.717, 1.165) is 67.6 Å². The molecule has 3 aromatic rings. The first-order chi connectivity index (χ1) is 18.2. The molecule has 1 aliphatic carbocycles. The molecule has 2 aromatic heterocycles. The second-order valence-corrected chi connectivity index (χ2v) is 10.7. The first-order valence-electron chi connectivity index (χ1n) is 13.4. The minimum Gasteiger partial charge on any atom is -0.393 e. The van der Waals surface area contributed by atoms with E-state index in [-0.39, 0.29) is 36.5 Å². The number of hydrogen-bond donors (Lipinski definition) is 3. The summed E-state index contributed by atoms with van der Waals surface area (Å²) in [7, 11) is 2.12. The number of benzene rings is 1. The molecule has 1 saturated carbocycles. The third-order valence-corrected chi connectivity index (χ3v) is 7.77. The third-order valence-electron chi connectivity index (χ3n) is 7.77. The van der Waals surface area contributed by atoms with Crippen LogP contribution in [0, 0.1) is 0 Å². The number of fused-ring (bicyclic) bond motifs is 3. The number of rotatable bonds is 7. The van der Waals surface area contributed by atoms with Crippen LogP contribution < -0.4 is 10.9 Å². The summed E-state index contributed by atoms with van der Waals surface area (Å²) in [5.41, 5.74) is 1.97. The Hall–Kier alpha value is -2.76. The van der Waals surface area contributed by atoms with Gasteiger partial charge in [-0.3, -0.25) is 9.69 Å². The molecular formula is C27H35F3N6O2. The lowest BCUT2D eigenvalue weighted by atomic mass is 9.83. The van der Waals surface area contributed by atoms with Crippen LogP contribution in [0.5, 0.6) is 0 Å². The van der Waals surface area contributed by atoms with Crippen molar-refractivity contribution in [2.75, 3.05) is 45.1 Å². The van der Waals surface area contributed by atoms with Crippen LogP contribution in [0.25, 0.3) is 21.8 Å². The molecule has 11 heteroatoms. The van der Waals surface area contributed by atoms with Gasteiger partial charge in [-0.05, 0) is 56.2 Å². The van der Waals surface area contributed by atoms with Crippen LogP contribution >= 0.6 is 0 Å². The second-order valence-electron chi connectivity index (χ2n) is 10.7. The van der Waals surface area contributed by atoms with Crippen molar-refractivity contribution in [3.8, 4) is 0 Å². The number of anilines is 1. The SMILES string of the molecule is CN1CCN(Cc2ccc3c(c2)c(=O)[nH]c2nc(NCCCC(F)(F)F)nc([C@H]4CC[C@H](O)CC4)c23)CC1. The molecule has 3 heterocycles. The van der Waals surface area contributed by atoms with E-state index < -0.39 is 12.6 Å². The summed E-state index contributed by atoms with van der Waals surface area (Å²) >= 11 is 0. The van der Waals surface area contributed by atoms with E-state index in [0.29, 0.717) is 23.9 Å². The van der Waals surface area contributed by atoms with Gasteiger partial charge in [-0.25, -0.2) is 4.98 Å². The molecule has 0 bridgehead atoms.